The van der Waals surface area contributed by atoms with Gasteiger partial charge in [0.25, 0.3) is 0 Å². The summed E-state index contributed by atoms with van der Waals surface area (Å²) in [4.78, 5) is 13.0. The smallest absolute Gasteiger partial charge is 0.132 e. The number of hydrogen-bond donors (Lipinski definition) is 1. The molecule has 17 heavy (non-hydrogen) atoms. The first-order valence-electron chi connectivity index (χ1n) is 6.16. The zero-order valence-electron chi connectivity index (χ0n) is 10.3. The maximum absolute atomic E-state index is 8.95. The molecule has 0 radical (unpaired) electrons. The quantitative estimate of drug-likeness (QED) is 0.817. The SMILES string of the molecule is Cc1cc(N2CCCN(CCO)CC2)ncn1. The molecule has 0 aliphatic carbocycles. The highest BCUT2D eigenvalue weighted by molar-refractivity contribution is 5.38. The van der Waals surface area contributed by atoms with E-state index in [0.717, 1.165) is 50.7 Å². The average molecular weight is 236 g/mol. The van der Waals surface area contributed by atoms with Crippen LogP contribution in [0.15, 0.2) is 12.4 Å². The lowest BCUT2D eigenvalue weighted by Crippen LogP contribution is -2.32. The minimum Gasteiger partial charge on any atom is -0.395 e. The summed E-state index contributed by atoms with van der Waals surface area (Å²) in [6, 6.07) is 2.03. The van der Waals surface area contributed by atoms with Gasteiger partial charge < -0.3 is 10.0 Å². The Morgan fingerprint density at radius 2 is 2.12 bits per heavy atom. The molecule has 1 aliphatic rings. The zero-order chi connectivity index (χ0) is 12.1. The fourth-order valence-electron chi connectivity index (χ4n) is 2.18. The summed E-state index contributed by atoms with van der Waals surface area (Å²) in [6.45, 7) is 7.05. The maximum Gasteiger partial charge on any atom is 0.132 e. The van der Waals surface area contributed by atoms with E-state index in [-0.39, 0.29) is 6.61 Å². The van der Waals surface area contributed by atoms with Crippen molar-refractivity contribution in [2.24, 2.45) is 0 Å². The number of aromatic nitrogens is 2. The van der Waals surface area contributed by atoms with E-state index in [1.807, 2.05) is 13.0 Å². The van der Waals surface area contributed by atoms with Crippen LogP contribution < -0.4 is 4.90 Å². The number of aryl methyl sites for hydroxylation is 1. The first kappa shape index (κ1) is 12.3. The molecule has 1 saturated heterocycles. The molecule has 0 saturated carbocycles. The van der Waals surface area contributed by atoms with E-state index >= 15 is 0 Å². The van der Waals surface area contributed by atoms with E-state index in [4.69, 9.17) is 5.11 Å². The molecule has 1 aliphatic heterocycles. The third kappa shape index (κ3) is 3.38. The van der Waals surface area contributed by atoms with Crippen molar-refractivity contribution in [3.05, 3.63) is 18.1 Å². The van der Waals surface area contributed by atoms with Crippen LogP contribution in [0.1, 0.15) is 12.1 Å². The molecule has 5 nitrogen and oxygen atoms in total. The van der Waals surface area contributed by atoms with Gasteiger partial charge in [0.15, 0.2) is 0 Å². The number of β-amino-alcohol motifs (C(OH)–C–C–N with tert-alkyl or cyclic N) is 1. The van der Waals surface area contributed by atoms with Crippen LogP contribution in [0.3, 0.4) is 0 Å². The van der Waals surface area contributed by atoms with Gasteiger partial charge in [0.2, 0.25) is 0 Å². The largest absolute Gasteiger partial charge is 0.395 e. The third-order valence-electron chi connectivity index (χ3n) is 3.12. The lowest BCUT2D eigenvalue weighted by Gasteiger charge is -2.22. The highest BCUT2D eigenvalue weighted by Gasteiger charge is 2.15. The highest BCUT2D eigenvalue weighted by atomic mass is 16.3. The second-order valence-electron chi connectivity index (χ2n) is 4.42. The number of aliphatic hydroxyl groups is 1. The Bertz CT molecular complexity index is 358. The Balaban J connectivity index is 1.99. The Morgan fingerprint density at radius 3 is 2.88 bits per heavy atom. The minimum absolute atomic E-state index is 0.243. The second-order valence-corrected chi connectivity index (χ2v) is 4.42. The van der Waals surface area contributed by atoms with Gasteiger partial charge in [-0.1, -0.05) is 0 Å². The minimum atomic E-state index is 0.243. The van der Waals surface area contributed by atoms with E-state index in [1.165, 1.54) is 0 Å². The van der Waals surface area contributed by atoms with Crippen LogP contribution in [-0.4, -0.2) is 59.3 Å². The van der Waals surface area contributed by atoms with Crippen LogP contribution in [-0.2, 0) is 0 Å². The number of hydrogen-bond acceptors (Lipinski definition) is 5. The van der Waals surface area contributed by atoms with Gasteiger partial charge in [-0.3, -0.25) is 4.90 Å². The van der Waals surface area contributed by atoms with Crippen LogP contribution >= 0.6 is 0 Å². The van der Waals surface area contributed by atoms with Crippen molar-refractivity contribution in [1.82, 2.24) is 14.9 Å². The fourth-order valence-corrected chi connectivity index (χ4v) is 2.18. The monoisotopic (exact) mass is 236 g/mol. The highest BCUT2D eigenvalue weighted by Crippen LogP contribution is 2.13. The van der Waals surface area contributed by atoms with Crippen molar-refractivity contribution in [2.45, 2.75) is 13.3 Å². The van der Waals surface area contributed by atoms with Gasteiger partial charge in [-0.15, -0.1) is 0 Å². The maximum atomic E-state index is 8.95. The van der Waals surface area contributed by atoms with Crippen LogP contribution in [0.2, 0.25) is 0 Å². The van der Waals surface area contributed by atoms with Gasteiger partial charge >= 0.3 is 0 Å². The first-order chi connectivity index (χ1) is 8.29. The Labute approximate surface area is 102 Å². The zero-order valence-corrected chi connectivity index (χ0v) is 10.3. The molecule has 1 N–H and O–H groups in total. The predicted molar refractivity (Wildman–Crippen MR) is 67.1 cm³/mol. The molecule has 0 unspecified atom stereocenters. The third-order valence-corrected chi connectivity index (χ3v) is 3.12. The van der Waals surface area contributed by atoms with Crippen molar-refractivity contribution < 1.29 is 5.11 Å². The molecule has 0 atom stereocenters. The Morgan fingerprint density at radius 1 is 1.24 bits per heavy atom. The molecule has 0 amide bonds. The summed E-state index contributed by atoms with van der Waals surface area (Å²) in [5, 5.41) is 8.95. The Hall–Kier alpha value is -1.20. The number of anilines is 1. The fraction of sp³-hybridized carbons (Fsp3) is 0.667. The van der Waals surface area contributed by atoms with Gasteiger partial charge in [0.05, 0.1) is 6.61 Å². The standard InChI is InChI=1S/C12H20N4O/c1-11-9-12(14-10-13-11)16-4-2-3-15(5-6-16)7-8-17/h9-10,17H,2-8H2,1H3. The van der Waals surface area contributed by atoms with Crippen molar-refractivity contribution in [3.63, 3.8) is 0 Å². The summed E-state index contributed by atoms with van der Waals surface area (Å²) in [5.74, 6) is 1.02. The van der Waals surface area contributed by atoms with Crippen LogP contribution in [0.25, 0.3) is 0 Å². The van der Waals surface area contributed by atoms with Gasteiger partial charge in [0.1, 0.15) is 12.1 Å². The topological polar surface area (TPSA) is 52.5 Å². The summed E-state index contributed by atoms with van der Waals surface area (Å²) < 4.78 is 0. The number of aliphatic hydroxyl groups excluding tert-OH is 1. The predicted octanol–water partition coefficient (Wildman–Crippen LogP) is 0.289. The molecule has 2 heterocycles. The van der Waals surface area contributed by atoms with Gasteiger partial charge in [-0.25, -0.2) is 9.97 Å². The summed E-state index contributed by atoms with van der Waals surface area (Å²) >= 11 is 0. The lowest BCUT2D eigenvalue weighted by molar-refractivity contribution is 0.204. The van der Waals surface area contributed by atoms with E-state index in [0.29, 0.717) is 0 Å². The van der Waals surface area contributed by atoms with Gasteiger partial charge in [-0.05, 0) is 19.9 Å². The molecule has 1 aromatic rings. The van der Waals surface area contributed by atoms with Gasteiger partial charge in [-0.2, -0.15) is 0 Å². The molecule has 94 valence electrons. The first-order valence-corrected chi connectivity index (χ1v) is 6.16. The molecular weight excluding hydrogens is 216 g/mol. The molecule has 0 aromatic carbocycles. The Kier molecular flexibility index (Phi) is 4.28. The molecule has 0 spiro atoms. The molecule has 1 fully saturated rings. The van der Waals surface area contributed by atoms with Crippen molar-refractivity contribution in [2.75, 3.05) is 44.2 Å². The van der Waals surface area contributed by atoms with Crippen molar-refractivity contribution in [3.8, 4) is 0 Å². The second kappa shape index (κ2) is 5.93. The van der Waals surface area contributed by atoms with Crippen LogP contribution in [0.4, 0.5) is 5.82 Å². The normalized spacial score (nSPS) is 18.1. The number of nitrogens with zero attached hydrogens (tertiary/aromatic N) is 4. The summed E-state index contributed by atoms with van der Waals surface area (Å²) in [5.41, 5.74) is 1.01. The van der Waals surface area contributed by atoms with Gasteiger partial charge in [0, 0.05) is 37.9 Å². The van der Waals surface area contributed by atoms with Crippen molar-refractivity contribution >= 4 is 5.82 Å². The molecule has 5 heteroatoms. The molecular formula is C12H20N4O. The van der Waals surface area contributed by atoms with E-state index in [2.05, 4.69) is 19.8 Å². The summed E-state index contributed by atoms with van der Waals surface area (Å²) in [7, 11) is 0. The van der Waals surface area contributed by atoms with E-state index in [9.17, 15) is 0 Å². The van der Waals surface area contributed by atoms with Crippen LogP contribution in [0, 0.1) is 6.92 Å². The van der Waals surface area contributed by atoms with Crippen molar-refractivity contribution in [1.29, 1.82) is 0 Å². The van der Waals surface area contributed by atoms with E-state index in [1.54, 1.807) is 6.33 Å². The molecule has 2 rings (SSSR count). The molecule has 0 bridgehead atoms. The summed E-state index contributed by atoms with van der Waals surface area (Å²) in [6.07, 6.45) is 2.74. The average Bonchev–Trinajstić information content (AvgIpc) is 2.55. The lowest BCUT2D eigenvalue weighted by atomic mass is 10.3. The molecule has 1 aromatic heterocycles. The van der Waals surface area contributed by atoms with Crippen LogP contribution in [0.5, 0.6) is 0 Å². The number of rotatable bonds is 3. The van der Waals surface area contributed by atoms with E-state index < -0.39 is 0 Å².